The second-order valence-corrected chi connectivity index (χ2v) is 0.372. The van der Waals surface area contributed by atoms with E-state index in [0.717, 1.165) is 0 Å². The standard InChI is InChI=1S/C3H4O.Al.3H/c1-2-3-4;;;;/h2-3H,1H2;;;;. The van der Waals surface area contributed by atoms with Gasteiger partial charge in [0, 0.05) is 0 Å². The lowest BCUT2D eigenvalue weighted by atomic mass is 10.8. The molecule has 0 spiro atoms. The van der Waals surface area contributed by atoms with Crippen LogP contribution in [0.25, 0.3) is 0 Å². The summed E-state index contributed by atoms with van der Waals surface area (Å²) in [6, 6.07) is 0. The van der Waals surface area contributed by atoms with Crippen molar-refractivity contribution in [2.45, 2.75) is 0 Å². The van der Waals surface area contributed by atoms with E-state index in [0.29, 0.717) is 6.29 Å². The van der Waals surface area contributed by atoms with Gasteiger partial charge in [0.2, 0.25) is 0 Å². The first-order valence-electron chi connectivity index (χ1n) is 0.977. The first-order valence-corrected chi connectivity index (χ1v) is 0.977. The Bertz CT molecular complexity index is 27.9. The van der Waals surface area contributed by atoms with Crippen LogP contribution in [-0.4, -0.2) is 23.6 Å². The van der Waals surface area contributed by atoms with Crippen molar-refractivity contribution in [3.63, 3.8) is 0 Å². The highest BCUT2D eigenvalue weighted by molar-refractivity contribution is 5.75. The molecule has 0 rings (SSSR count). The SMILES string of the molecule is C=CC=O.[AlH3]. The van der Waals surface area contributed by atoms with Gasteiger partial charge in [-0.05, 0) is 6.08 Å². The van der Waals surface area contributed by atoms with Crippen molar-refractivity contribution < 1.29 is 4.79 Å². The number of hydrogen-bond donors (Lipinski definition) is 0. The van der Waals surface area contributed by atoms with Crippen LogP contribution in [0.1, 0.15) is 0 Å². The van der Waals surface area contributed by atoms with E-state index in [4.69, 9.17) is 4.79 Å². The summed E-state index contributed by atoms with van der Waals surface area (Å²) in [4.78, 5) is 9.06. The van der Waals surface area contributed by atoms with E-state index in [2.05, 4.69) is 6.58 Å². The lowest BCUT2D eigenvalue weighted by Gasteiger charge is -1.37. The molecule has 0 aromatic heterocycles. The summed E-state index contributed by atoms with van der Waals surface area (Å²) >= 11 is 0. The summed E-state index contributed by atoms with van der Waals surface area (Å²) in [5, 5.41) is 0. The minimum absolute atomic E-state index is 0. The van der Waals surface area contributed by atoms with Crippen LogP contribution in [0.2, 0.25) is 0 Å². The van der Waals surface area contributed by atoms with Gasteiger partial charge in [0.05, 0.1) is 0 Å². The second kappa shape index (κ2) is 9.05. The van der Waals surface area contributed by atoms with Gasteiger partial charge in [0.1, 0.15) is 6.29 Å². The normalized spacial score (nSPS) is 4.00. The number of rotatable bonds is 1. The van der Waals surface area contributed by atoms with Gasteiger partial charge in [0.15, 0.2) is 17.4 Å². The van der Waals surface area contributed by atoms with Crippen LogP contribution in [0.3, 0.4) is 0 Å². The quantitative estimate of drug-likeness (QED) is 0.232. The summed E-state index contributed by atoms with van der Waals surface area (Å²) in [5.41, 5.74) is 0. The topological polar surface area (TPSA) is 17.1 Å². The molecule has 0 aromatic rings. The Balaban J connectivity index is 0. The van der Waals surface area contributed by atoms with Crippen molar-refractivity contribution in [2.24, 2.45) is 0 Å². The Morgan fingerprint density at radius 3 is 1.80 bits per heavy atom. The van der Waals surface area contributed by atoms with Crippen LogP contribution < -0.4 is 0 Å². The maximum atomic E-state index is 9.06. The summed E-state index contributed by atoms with van der Waals surface area (Å²) in [6.07, 6.45) is 1.83. The van der Waals surface area contributed by atoms with Gasteiger partial charge in [-0.1, -0.05) is 6.58 Å². The number of hydrogen-bond acceptors (Lipinski definition) is 1. The Kier molecular flexibility index (Phi) is 16.1. The molecule has 0 heterocycles. The van der Waals surface area contributed by atoms with E-state index in [9.17, 15) is 0 Å². The monoisotopic (exact) mass is 86.0 g/mol. The molecule has 0 aliphatic carbocycles. The second-order valence-electron chi connectivity index (χ2n) is 0.372. The molecule has 0 bridgehead atoms. The molecule has 0 fully saturated rings. The smallest absolute Gasteiger partial charge is 0.187 e. The Morgan fingerprint density at radius 2 is 1.80 bits per heavy atom. The van der Waals surface area contributed by atoms with Crippen LogP contribution in [0.4, 0.5) is 0 Å². The van der Waals surface area contributed by atoms with E-state index in [1.165, 1.54) is 6.08 Å². The predicted molar refractivity (Wildman–Crippen MR) is 26.2 cm³/mol. The van der Waals surface area contributed by atoms with Gasteiger partial charge in [-0.15, -0.1) is 0 Å². The summed E-state index contributed by atoms with van der Waals surface area (Å²) in [5.74, 6) is 0. The molecule has 2 heteroatoms. The molecule has 0 aromatic carbocycles. The first kappa shape index (κ1) is 8.87. The van der Waals surface area contributed by atoms with Crippen molar-refractivity contribution >= 4 is 23.6 Å². The Hall–Kier alpha value is -0.0575. The first-order chi connectivity index (χ1) is 1.91. The molecule has 28 valence electrons. The highest BCUT2D eigenvalue weighted by atomic mass is 27.0. The zero-order chi connectivity index (χ0) is 3.41. The number of carbonyl (C=O) groups is 1. The van der Waals surface area contributed by atoms with Crippen LogP contribution in [0.5, 0.6) is 0 Å². The average Bonchev–Trinajstić information content (AvgIpc) is 1.37. The van der Waals surface area contributed by atoms with Crippen molar-refractivity contribution in [3.8, 4) is 0 Å². The van der Waals surface area contributed by atoms with E-state index < -0.39 is 0 Å². The van der Waals surface area contributed by atoms with Gasteiger partial charge in [-0.3, -0.25) is 4.79 Å². The molecule has 0 N–H and O–H groups in total. The summed E-state index contributed by atoms with van der Waals surface area (Å²) < 4.78 is 0. The Labute approximate surface area is 41.8 Å². The van der Waals surface area contributed by atoms with Gasteiger partial charge in [-0.2, -0.15) is 0 Å². The third-order valence-electron chi connectivity index (χ3n) is 0.0962. The lowest BCUT2D eigenvalue weighted by molar-refractivity contribution is -0.104. The third-order valence-corrected chi connectivity index (χ3v) is 0.0962. The maximum absolute atomic E-state index is 9.06. The molecule has 0 radical (unpaired) electrons. The molecule has 0 atom stereocenters. The number of carbonyl (C=O) groups excluding carboxylic acids is 1. The number of aldehydes is 1. The fourth-order valence-electron chi connectivity index (χ4n) is 0. The van der Waals surface area contributed by atoms with E-state index in [1.807, 2.05) is 0 Å². The molecular weight excluding hydrogens is 79.0 g/mol. The summed E-state index contributed by atoms with van der Waals surface area (Å²) in [6.45, 7) is 3.11. The van der Waals surface area contributed by atoms with Gasteiger partial charge in [-0.25, -0.2) is 0 Å². The molecule has 0 aliphatic rings. The van der Waals surface area contributed by atoms with E-state index in [-0.39, 0.29) is 17.4 Å². The predicted octanol–water partition coefficient (Wildman–Crippen LogP) is -0.813. The fraction of sp³-hybridized carbons (Fsp3) is 0. The summed E-state index contributed by atoms with van der Waals surface area (Å²) in [7, 11) is 0. The molecule has 0 amide bonds. The van der Waals surface area contributed by atoms with Gasteiger partial charge >= 0.3 is 0 Å². The number of allylic oxidation sites excluding steroid dienone is 1. The fourth-order valence-corrected chi connectivity index (χ4v) is 0. The highest BCUT2D eigenvalue weighted by Gasteiger charge is 1.38. The molecule has 1 nitrogen and oxygen atoms in total. The maximum Gasteiger partial charge on any atom is 0.187 e. The van der Waals surface area contributed by atoms with Crippen molar-refractivity contribution in [1.82, 2.24) is 0 Å². The van der Waals surface area contributed by atoms with Crippen LogP contribution in [0.15, 0.2) is 12.7 Å². The van der Waals surface area contributed by atoms with Crippen LogP contribution >= 0.6 is 0 Å². The molecule has 0 unspecified atom stereocenters. The molecular formula is C3H7AlO. The average molecular weight is 86.1 g/mol. The van der Waals surface area contributed by atoms with Gasteiger partial charge in [0.25, 0.3) is 0 Å². The Morgan fingerprint density at radius 1 is 1.60 bits per heavy atom. The van der Waals surface area contributed by atoms with Crippen molar-refractivity contribution in [2.75, 3.05) is 0 Å². The molecule has 5 heavy (non-hydrogen) atoms. The molecule has 0 saturated heterocycles. The molecule has 0 saturated carbocycles. The van der Waals surface area contributed by atoms with E-state index in [1.54, 1.807) is 0 Å². The third kappa shape index (κ3) is 16.7. The highest BCUT2D eigenvalue weighted by Crippen LogP contribution is 1.35. The van der Waals surface area contributed by atoms with Crippen molar-refractivity contribution in [3.05, 3.63) is 12.7 Å². The zero-order valence-electron chi connectivity index (χ0n) is 2.27. The van der Waals surface area contributed by atoms with Crippen LogP contribution in [-0.2, 0) is 4.79 Å². The largest absolute Gasteiger partial charge is 0.299 e. The minimum atomic E-state index is 0. The van der Waals surface area contributed by atoms with E-state index >= 15 is 0 Å². The lowest BCUT2D eigenvalue weighted by Crippen LogP contribution is -1.44. The van der Waals surface area contributed by atoms with Gasteiger partial charge < -0.3 is 0 Å². The van der Waals surface area contributed by atoms with Crippen molar-refractivity contribution in [1.29, 1.82) is 0 Å². The molecule has 0 aliphatic heterocycles. The van der Waals surface area contributed by atoms with Crippen LogP contribution in [0, 0.1) is 0 Å². The zero-order valence-corrected chi connectivity index (χ0v) is 2.27. The minimum Gasteiger partial charge on any atom is -0.299 e.